The second-order valence-corrected chi connectivity index (χ2v) is 6.72. The molecule has 6 nitrogen and oxygen atoms in total. The number of carbonyl (C=O) groups is 1. The fraction of sp³-hybridized carbons (Fsp3) is 0.471. The van der Waals surface area contributed by atoms with E-state index in [1.807, 2.05) is 26.1 Å². The van der Waals surface area contributed by atoms with E-state index < -0.39 is 5.60 Å². The number of rotatable bonds is 2. The van der Waals surface area contributed by atoms with E-state index in [4.69, 9.17) is 4.74 Å². The lowest BCUT2D eigenvalue weighted by Gasteiger charge is -2.33. The summed E-state index contributed by atoms with van der Waals surface area (Å²) >= 11 is 0. The minimum Gasteiger partial charge on any atom is -0.451 e. The monoisotopic (exact) mass is 312 g/mol. The maximum Gasteiger partial charge on any atom is 0.343 e. The number of hydrogen-bond acceptors (Lipinski definition) is 5. The lowest BCUT2D eigenvalue weighted by molar-refractivity contribution is 0.00956. The Balaban J connectivity index is 1.69. The Bertz CT molecular complexity index is 739. The van der Waals surface area contributed by atoms with Gasteiger partial charge >= 0.3 is 5.97 Å². The summed E-state index contributed by atoms with van der Waals surface area (Å²) in [5, 5.41) is 0. The number of piperidine rings is 1. The van der Waals surface area contributed by atoms with Crippen LogP contribution in [0.2, 0.25) is 0 Å². The van der Waals surface area contributed by atoms with Crippen molar-refractivity contribution in [3.63, 3.8) is 0 Å². The van der Waals surface area contributed by atoms with Crippen LogP contribution in [-0.4, -0.2) is 34.0 Å². The Morgan fingerprint density at radius 3 is 3.00 bits per heavy atom. The fourth-order valence-electron chi connectivity index (χ4n) is 3.62. The Hall–Kier alpha value is -2.37. The minimum absolute atomic E-state index is 0.270. The van der Waals surface area contributed by atoms with Gasteiger partial charge in [0.15, 0.2) is 0 Å². The van der Waals surface area contributed by atoms with Gasteiger partial charge in [-0.15, -0.1) is 0 Å². The van der Waals surface area contributed by atoms with E-state index in [9.17, 15) is 4.79 Å². The predicted octanol–water partition coefficient (Wildman–Crippen LogP) is 2.59. The normalized spacial score (nSPS) is 22.8. The van der Waals surface area contributed by atoms with Gasteiger partial charge in [0.05, 0.1) is 0 Å². The van der Waals surface area contributed by atoms with Gasteiger partial charge in [0, 0.05) is 43.2 Å². The van der Waals surface area contributed by atoms with E-state index in [2.05, 4.69) is 19.9 Å². The SMILES string of the molecule is CC1(C)OC(=O)c2c1ccnc2N1CCC[C@H](c2ncc[nH]2)C1. The molecule has 0 unspecified atom stereocenters. The van der Waals surface area contributed by atoms with Gasteiger partial charge in [-0.05, 0) is 32.8 Å². The number of imidazole rings is 1. The number of aromatic amines is 1. The van der Waals surface area contributed by atoms with Crippen molar-refractivity contribution in [3.05, 3.63) is 41.6 Å². The van der Waals surface area contributed by atoms with E-state index in [-0.39, 0.29) is 5.97 Å². The molecule has 2 aromatic rings. The topological polar surface area (TPSA) is 71.1 Å². The van der Waals surface area contributed by atoms with E-state index in [0.29, 0.717) is 11.5 Å². The first kappa shape index (κ1) is 14.2. The van der Waals surface area contributed by atoms with E-state index in [1.165, 1.54) is 0 Å². The largest absolute Gasteiger partial charge is 0.451 e. The van der Waals surface area contributed by atoms with Gasteiger partial charge in [-0.1, -0.05) is 0 Å². The van der Waals surface area contributed by atoms with Gasteiger partial charge in [0.2, 0.25) is 0 Å². The standard InChI is InChI=1S/C17H20N4O2/c1-17(2)12-5-6-20-15(13(12)16(22)23-17)21-9-3-4-11(10-21)14-18-7-8-19-14/h5-8,11H,3-4,9-10H2,1-2H3,(H,18,19)/t11-/m0/s1. The van der Waals surface area contributed by atoms with Crippen molar-refractivity contribution in [2.24, 2.45) is 0 Å². The molecule has 2 aliphatic rings. The lowest BCUT2D eigenvalue weighted by atomic mass is 9.94. The quantitative estimate of drug-likeness (QED) is 0.863. The predicted molar refractivity (Wildman–Crippen MR) is 85.5 cm³/mol. The molecule has 23 heavy (non-hydrogen) atoms. The number of esters is 1. The summed E-state index contributed by atoms with van der Waals surface area (Å²) in [6.07, 6.45) is 7.55. The highest BCUT2D eigenvalue weighted by molar-refractivity contribution is 5.99. The van der Waals surface area contributed by atoms with Crippen LogP contribution in [0, 0.1) is 0 Å². The van der Waals surface area contributed by atoms with Gasteiger partial charge in [-0.2, -0.15) is 0 Å². The Labute approximate surface area is 134 Å². The van der Waals surface area contributed by atoms with Crippen molar-refractivity contribution in [2.75, 3.05) is 18.0 Å². The molecule has 1 fully saturated rings. The maximum absolute atomic E-state index is 12.3. The molecule has 0 bridgehead atoms. The summed E-state index contributed by atoms with van der Waals surface area (Å²) in [6, 6.07) is 1.89. The molecule has 2 aromatic heterocycles. The smallest absolute Gasteiger partial charge is 0.343 e. The molecule has 2 aliphatic heterocycles. The van der Waals surface area contributed by atoms with Crippen LogP contribution < -0.4 is 4.90 Å². The average Bonchev–Trinajstić information content (AvgIpc) is 3.15. The lowest BCUT2D eigenvalue weighted by Crippen LogP contribution is -2.36. The van der Waals surface area contributed by atoms with Gasteiger partial charge < -0.3 is 14.6 Å². The molecule has 4 heterocycles. The Kier molecular flexibility index (Phi) is 3.14. The highest BCUT2D eigenvalue weighted by atomic mass is 16.6. The number of cyclic esters (lactones) is 1. The fourth-order valence-corrected chi connectivity index (χ4v) is 3.62. The number of nitrogens with one attached hydrogen (secondary N) is 1. The summed E-state index contributed by atoms with van der Waals surface area (Å²) < 4.78 is 5.53. The zero-order chi connectivity index (χ0) is 16.0. The molecule has 120 valence electrons. The van der Waals surface area contributed by atoms with Crippen molar-refractivity contribution in [3.8, 4) is 0 Å². The number of H-pyrrole nitrogens is 1. The van der Waals surface area contributed by atoms with Crippen LogP contribution in [0.25, 0.3) is 0 Å². The number of fused-ring (bicyclic) bond motifs is 1. The van der Waals surface area contributed by atoms with Crippen molar-refractivity contribution < 1.29 is 9.53 Å². The first-order valence-corrected chi connectivity index (χ1v) is 8.03. The molecular formula is C17H20N4O2. The molecule has 1 saturated heterocycles. The molecule has 0 aliphatic carbocycles. The van der Waals surface area contributed by atoms with Gasteiger partial charge in [-0.3, -0.25) is 0 Å². The number of ether oxygens (including phenoxy) is 1. The third-order valence-corrected chi connectivity index (χ3v) is 4.76. The van der Waals surface area contributed by atoms with Crippen LogP contribution in [0.3, 0.4) is 0 Å². The van der Waals surface area contributed by atoms with E-state index >= 15 is 0 Å². The molecule has 1 atom stereocenters. The summed E-state index contributed by atoms with van der Waals surface area (Å²) in [4.78, 5) is 26.6. The van der Waals surface area contributed by atoms with Crippen molar-refractivity contribution >= 4 is 11.8 Å². The molecule has 0 amide bonds. The number of hydrogen-bond donors (Lipinski definition) is 1. The van der Waals surface area contributed by atoms with Crippen LogP contribution in [0.4, 0.5) is 5.82 Å². The molecular weight excluding hydrogens is 292 g/mol. The van der Waals surface area contributed by atoms with Crippen LogP contribution in [0.5, 0.6) is 0 Å². The Morgan fingerprint density at radius 2 is 2.22 bits per heavy atom. The number of anilines is 1. The van der Waals surface area contributed by atoms with Crippen LogP contribution >= 0.6 is 0 Å². The highest BCUT2D eigenvalue weighted by Gasteiger charge is 2.41. The summed E-state index contributed by atoms with van der Waals surface area (Å²) in [5.74, 6) is 1.81. The number of pyridine rings is 1. The maximum atomic E-state index is 12.3. The van der Waals surface area contributed by atoms with E-state index in [1.54, 1.807) is 12.4 Å². The molecule has 0 aromatic carbocycles. The minimum atomic E-state index is -0.583. The third kappa shape index (κ3) is 2.29. The summed E-state index contributed by atoms with van der Waals surface area (Å²) in [6.45, 7) is 5.55. The first-order valence-electron chi connectivity index (χ1n) is 8.03. The second kappa shape index (κ2) is 5.08. The molecule has 0 saturated carbocycles. The van der Waals surface area contributed by atoms with Crippen LogP contribution in [0.15, 0.2) is 24.7 Å². The molecule has 0 radical (unpaired) electrons. The summed E-state index contributed by atoms with van der Waals surface area (Å²) in [5.41, 5.74) is 0.963. The van der Waals surface area contributed by atoms with Gasteiger partial charge in [0.25, 0.3) is 0 Å². The van der Waals surface area contributed by atoms with Gasteiger partial charge in [-0.25, -0.2) is 14.8 Å². The third-order valence-electron chi connectivity index (χ3n) is 4.76. The zero-order valence-electron chi connectivity index (χ0n) is 13.4. The molecule has 1 N–H and O–H groups in total. The number of aromatic nitrogens is 3. The average molecular weight is 312 g/mol. The van der Waals surface area contributed by atoms with Crippen molar-refractivity contribution in [1.29, 1.82) is 0 Å². The molecule has 6 heteroatoms. The first-order chi connectivity index (χ1) is 11.1. The Morgan fingerprint density at radius 1 is 1.35 bits per heavy atom. The van der Waals surface area contributed by atoms with Crippen molar-refractivity contribution in [1.82, 2.24) is 15.0 Å². The highest BCUT2D eigenvalue weighted by Crippen LogP contribution is 2.40. The van der Waals surface area contributed by atoms with Crippen molar-refractivity contribution in [2.45, 2.75) is 38.2 Å². The number of nitrogens with zero attached hydrogens (tertiary/aromatic N) is 3. The van der Waals surface area contributed by atoms with Crippen LogP contribution in [-0.2, 0) is 10.3 Å². The van der Waals surface area contributed by atoms with Gasteiger partial charge in [0.1, 0.15) is 22.8 Å². The molecule has 4 rings (SSSR count). The van der Waals surface area contributed by atoms with Crippen LogP contribution in [0.1, 0.15) is 54.4 Å². The zero-order valence-corrected chi connectivity index (χ0v) is 13.4. The van der Waals surface area contributed by atoms with E-state index in [0.717, 1.165) is 43.1 Å². The molecule has 0 spiro atoms. The second-order valence-electron chi connectivity index (χ2n) is 6.72. The number of carbonyl (C=O) groups excluding carboxylic acids is 1. The summed E-state index contributed by atoms with van der Waals surface area (Å²) in [7, 11) is 0.